The maximum atomic E-state index is 13.4. The number of nitrogens with two attached hydrogens (primary N) is 1. The molecule has 1 saturated heterocycles. The van der Waals surface area contributed by atoms with Crippen molar-refractivity contribution in [3.05, 3.63) is 29.7 Å². The number of amides is 1. The zero-order valence-corrected chi connectivity index (χ0v) is 14.5. The monoisotopic (exact) mass is 363 g/mol. The highest BCUT2D eigenvalue weighted by atomic mass is 19.3. The highest BCUT2D eigenvalue weighted by Crippen LogP contribution is 2.40. The number of imidazole rings is 1. The van der Waals surface area contributed by atoms with Gasteiger partial charge in [-0.15, -0.1) is 0 Å². The summed E-state index contributed by atoms with van der Waals surface area (Å²) in [5.74, 6) is -2.50. The first-order chi connectivity index (χ1) is 12.4. The van der Waals surface area contributed by atoms with Gasteiger partial charge in [-0.3, -0.25) is 4.79 Å². The van der Waals surface area contributed by atoms with Crippen molar-refractivity contribution in [2.24, 2.45) is 17.6 Å². The molecule has 0 aromatic carbocycles. The Kier molecular flexibility index (Phi) is 4.38. The van der Waals surface area contributed by atoms with Crippen LogP contribution in [0.5, 0.6) is 0 Å². The van der Waals surface area contributed by atoms with Gasteiger partial charge in [-0.05, 0) is 37.3 Å². The first kappa shape index (κ1) is 17.3. The maximum absolute atomic E-state index is 13.4. The molecule has 26 heavy (non-hydrogen) atoms. The largest absolute Gasteiger partial charge is 0.356 e. The van der Waals surface area contributed by atoms with Crippen molar-refractivity contribution < 1.29 is 13.6 Å². The van der Waals surface area contributed by atoms with Crippen LogP contribution >= 0.6 is 0 Å². The molecule has 8 heteroatoms. The van der Waals surface area contributed by atoms with Gasteiger partial charge in [0.15, 0.2) is 5.65 Å². The number of nitrogens with one attached hydrogen (secondary N) is 1. The Balaban J connectivity index is 1.49. The van der Waals surface area contributed by atoms with Crippen molar-refractivity contribution in [2.45, 2.75) is 50.5 Å². The molecule has 2 atom stereocenters. The van der Waals surface area contributed by atoms with Gasteiger partial charge >= 0.3 is 0 Å². The van der Waals surface area contributed by atoms with E-state index in [4.69, 9.17) is 5.73 Å². The molecular formula is C18H23F2N5O. The van der Waals surface area contributed by atoms with Gasteiger partial charge in [0.2, 0.25) is 11.8 Å². The Morgan fingerprint density at radius 2 is 2.08 bits per heavy atom. The molecule has 4 rings (SSSR count). The fourth-order valence-electron chi connectivity index (χ4n) is 3.96. The number of nitrogens with zero attached hydrogens (tertiary/aromatic N) is 3. The molecule has 6 nitrogen and oxygen atoms in total. The molecule has 2 aromatic heterocycles. The number of hydrogen-bond acceptors (Lipinski definition) is 4. The maximum Gasteiger partial charge on any atom is 0.248 e. The second kappa shape index (κ2) is 6.57. The summed E-state index contributed by atoms with van der Waals surface area (Å²) in [6, 6.07) is 3.38. The predicted octanol–water partition coefficient (Wildman–Crippen LogP) is 2.23. The lowest BCUT2D eigenvalue weighted by molar-refractivity contribution is -0.122. The normalized spacial score (nSPS) is 24.7. The minimum atomic E-state index is -2.56. The van der Waals surface area contributed by atoms with Crippen LogP contribution < -0.4 is 11.1 Å². The Labute approximate surface area is 150 Å². The molecule has 1 saturated carbocycles. The fourth-order valence-corrected chi connectivity index (χ4v) is 3.96. The topological polar surface area (TPSA) is 85.3 Å². The van der Waals surface area contributed by atoms with E-state index in [2.05, 4.69) is 15.4 Å². The molecule has 2 aromatic rings. The minimum absolute atomic E-state index is 0.0150. The zero-order valence-electron chi connectivity index (χ0n) is 14.5. The third-order valence-electron chi connectivity index (χ3n) is 5.62. The van der Waals surface area contributed by atoms with Crippen molar-refractivity contribution in [2.75, 3.05) is 6.54 Å². The van der Waals surface area contributed by atoms with E-state index < -0.39 is 5.92 Å². The summed E-state index contributed by atoms with van der Waals surface area (Å²) < 4.78 is 28.4. The van der Waals surface area contributed by atoms with Crippen LogP contribution in [0.3, 0.4) is 0 Å². The Morgan fingerprint density at radius 3 is 2.77 bits per heavy atom. The van der Waals surface area contributed by atoms with Crippen LogP contribution in [0.2, 0.25) is 0 Å². The average molecular weight is 363 g/mol. The van der Waals surface area contributed by atoms with Gasteiger partial charge in [-0.25, -0.2) is 18.3 Å². The van der Waals surface area contributed by atoms with Crippen LogP contribution in [0.25, 0.3) is 5.65 Å². The van der Waals surface area contributed by atoms with Gasteiger partial charge in [0.25, 0.3) is 0 Å². The smallest absolute Gasteiger partial charge is 0.248 e. The molecule has 0 unspecified atom stereocenters. The molecule has 3 N–H and O–H groups in total. The van der Waals surface area contributed by atoms with Gasteiger partial charge in [-0.2, -0.15) is 5.10 Å². The second-order valence-corrected chi connectivity index (χ2v) is 7.49. The van der Waals surface area contributed by atoms with E-state index in [1.54, 1.807) is 10.7 Å². The van der Waals surface area contributed by atoms with Crippen LogP contribution in [-0.2, 0) is 11.2 Å². The van der Waals surface area contributed by atoms with Gasteiger partial charge in [0, 0.05) is 31.7 Å². The quantitative estimate of drug-likeness (QED) is 0.872. The van der Waals surface area contributed by atoms with Crippen LogP contribution in [0.4, 0.5) is 8.78 Å². The van der Waals surface area contributed by atoms with Crippen LogP contribution in [-0.4, -0.2) is 33.0 Å². The summed E-state index contributed by atoms with van der Waals surface area (Å²) in [5.41, 5.74) is 8.50. The van der Waals surface area contributed by atoms with Crippen molar-refractivity contribution in [1.82, 2.24) is 19.9 Å². The van der Waals surface area contributed by atoms with Crippen molar-refractivity contribution in [1.29, 1.82) is 0 Å². The zero-order chi connectivity index (χ0) is 18.3. The molecule has 0 radical (unpaired) electrons. The van der Waals surface area contributed by atoms with Crippen molar-refractivity contribution in [3.63, 3.8) is 0 Å². The SMILES string of the molecule is N[C@H](c1cn2nc(C[C@@H]3CCNC3=O)ccc2n1)C1CCC(F)(F)CC1. The molecular weight excluding hydrogens is 340 g/mol. The fraction of sp³-hybridized carbons (Fsp3) is 0.611. The highest BCUT2D eigenvalue weighted by Gasteiger charge is 2.37. The Bertz CT molecular complexity index is 811. The Hall–Kier alpha value is -2.09. The molecule has 0 spiro atoms. The number of alkyl halides is 2. The van der Waals surface area contributed by atoms with Crippen molar-refractivity contribution in [3.8, 4) is 0 Å². The minimum Gasteiger partial charge on any atom is -0.356 e. The summed E-state index contributed by atoms with van der Waals surface area (Å²) in [4.78, 5) is 16.2. The summed E-state index contributed by atoms with van der Waals surface area (Å²) in [5, 5.41) is 7.38. The molecule has 1 aliphatic carbocycles. The lowest BCUT2D eigenvalue weighted by atomic mass is 9.81. The summed E-state index contributed by atoms with van der Waals surface area (Å²) in [6.07, 6.45) is 3.82. The number of halogens is 2. The standard InChI is InChI=1S/C18H23F2N5O/c19-18(20)6-3-11(4-7-18)16(21)14-10-25-15(23-14)2-1-13(24-25)9-12-5-8-22-17(12)26/h1-2,10-12,16H,3-9,21H2,(H,22,26)/t12-,16-/m0/s1. The van der Waals surface area contributed by atoms with Gasteiger partial charge in [0.05, 0.1) is 23.6 Å². The number of hydrogen-bond donors (Lipinski definition) is 2. The molecule has 2 aliphatic rings. The summed E-state index contributed by atoms with van der Waals surface area (Å²) >= 11 is 0. The third kappa shape index (κ3) is 3.42. The lowest BCUT2D eigenvalue weighted by Gasteiger charge is -2.31. The van der Waals surface area contributed by atoms with E-state index in [9.17, 15) is 13.6 Å². The summed E-state index contributed by atoms with van der Waals surface area (Å²) in [7, 11) is 0. The lowest BCUT2D eigenvalue weighted by Crippen LogP contribution is -2.31. The number of fused-ring (bicyclic) bond motifs is 1. The molecule has 1 amide bonds. The van der Waals surface area contributed by atoms with E-state index in [0.29, 0.717) is 30.6 Å². The molecule has 2 fully saturated rings. The summed E-state index contributed by atoms with van der Waals surface area (Å²) in [6.45, 7) is 0.719. The van der Waals surface area contributed by atoms with E-state index in [0.717, 1.165) is 18.7 Å². The van der Waals surface area contributed by atoms with E-state index in [1.165, 1.54) is 0 Å². The van der Waals surface area contributed by atoms with E-state index >= 15 is 0 Å². The second-order valence-electron chi connectivity index (χ2n) is 7.49. The predicted molar refractivity (Wildman–Crippen MR) is 91.6 cm³/mol. The van der Waals surface area contributed by atoms with Gasteiger partial charge < -0.3 is 11.1 Å². The first-order valence-electron chi connectivity index (χ1n) is 9.18. The van der Waals surface area contributed by atoms with E-state index in [-0.39, 0.29) is 36.6 Å². The van der Waals surface area contributed by atoms with E-state index in [1.807, 2.05) is 12.1 Å². The van der Waals surface area contributed by atoms with Gasteiger partial charge in [0.1, 0.15) is 0 Å². The number of rotatable bonds is 4. The van der Waals surface area contributed by atoms with Crippen LogP contribution in [0.1, 0.15) is 49.5 Å². The molecule has 3 heterocycles. The molecule has 140 valence electrons. The first-order valence-corrected chi connectivity index (χ1v) is 9.18. The van der Waals surface area contributed by atoms with Crippen LogP contribution in [0.15, 0.2) is 18.3 Å². The number of carbonyl (C=O) groups is 1. The van der Waals surface area contributed by atoms with Crippen LogP contribution in [0, 0.1) is 11.8 Å². The Morgan fingerprint density at radius 1 is 1.31 bits per heavy atom. The average Bonchev–Trinajstić information content (AvgIpc) is 3.20. The molecule has 0 bridgehead atoms. The number of carbonyl (C=O) groups excluding carboxylic acids is 1. The van der Waals surface area contributed by atoms with Crippen molar-refractivity contribution >= 4 is 11.6 Å². The highest BCUT2D eigenvalue weighted by molar-refractivity contribution is 5.80. The third-order valence-corrected chi connectivity index (χ3v) is 5.62. The van der Waals surface area contributed by atoms with Gasteiger partial charge in [-0.1, -0.05) is 0 Å². The number of aromatic nitrogens is 3. The molecule has 1 aliphatic heterocycles.